The van der Waals surface area contributed by atoms with Gasteiger partial charge in [-0.05, 0) is 42.3 Å². The predicted molar refractivity (Wildman–Crippen MR) is 84.6 cm³/mol. The standard InChI is InChI=1S/C16H15FN2OS/c1-10-7-13(5-6-14(10)17)16(20)19-9-11-3-2-4-12(8-11)15(18)21/h2-8H,9H2,1H3,(H2,18,21)(H,19,20). The molecule has 0 bridgehead atoms. The fourth-order valence-electron chi connectivity index (χ4n) is 1.90. The largest absolute Gasteiger partial charge is 0.389 e. The number of carbonyl (C=O) groups excluding carboxylic acids is 1. The van der Waals surface area contributed by atoms with Crippen LogP contribution in [0.15, 0.2) is 42.5 Å². The molecule has 2 aromatic carbocycles. The maximum atomic E-state index is 13.2. The van der Waals surface area contributed by atoms with Gasteiger partial charge >= 0.3 is 0 Å². The van der Waals surface area contributed by atoms with Crippen molar-refractivity contribution in [3.8, 4) is 0 Å². The Morgan fingerprint density at radius 1 is 1.24 bits per heavy atom. The van der Waals surface area contributed by atoms with Crippen molar-refractivity contribution in [2.75, 3.05) is 0 Å². The minimum Gasteiger partial charge on any atom is -0.389 e. The number of amides is 1. The lowest BCUT2D eigenvalue weighted by Crippen LogP contribution is -2.23. The Morgan fingerprint density at radius 3 is 2.67 bits per heavy atom. The minimum absolute atomic E-state index is 0.251. The van der Waals surface area contributed by atoms with Crippen molar-refractivity contribution in [2.45, 2.75) is 13.5 Å². The molecule has 0 saturated heterocycles. The number of nitrogens with one attached hydrogen (secondary N) is 1. The topological polar surface area (TPSA) is 55.1 Å². The van der Waals surface area contributed by atoms with E-state index in [1.165, 1.54) is 18.2 Å². The number of rotatable bonds is 4. The molecule has 0 radical (unpaired) electrons. The van der Waals surface area contributed by atoms with Gasteiger partial charge in [-0.3, -0.25) is 4.79 Å². The van der Waals surface area contributed by atoms with Crippen molar-refractivity contribution in [3.05, 3.63) is 70.5 Å². The summed E-state index contributed by atoms with van der Waals surface area (Å²) in [6, 6.07) is 11.6. The molecule has 21 heavy (non-hydrogen) atoms. The van der Waals surface area contributed by atoms with E-state index in [4.69, 9.17) is 18.0 Å². The van der Waals surface area contributed by atoms with Gasteiger partial charge in [0.15, 0.2) is 0 Å². The summed E-state index contributed by atoms with van der Waals surface area (Å²) < 4.78 is 13.2. The fraction of sp³-hybridized carbons (Fsp3) is 0.125. The lowest BCUT2D eigenvalue weighted by molar-refractivity contribution is 0.0951. The number of halogens is 1. The van der Waals surface area contributed by atoms with Crippen LogP contribution in [0.1, 0.15) is 27.0 Å². The van der Waals surface area contributed by atoms with E-state index in [2.05, 4.69) is 5.32 Å². The Hall–Kier alpha value is -2.27. The molecule has 2 rings (SSSR count). The van der Waals surface area contributed by atoms with E-state index in [0.717, 1.165) is 11.1 Å². The number of hydrogen-bond donors (Lipinski definition) is 2. The molecule has 2 aromatic rings. The van der Waals surface area contributed by atoms with Gasteiger partial charge in [0, 0.05) is 17.7 Å². The van der Waals surface area contributed by atoms with Crippen LogP contribution in [0.5, 0.6) is 0 Å². The van der Waals surface area contributed by atoms with Crippen molar-refractivity contribution in [3.63, 3.8) is 0 Å². The first-order valence-corrected chi connectivity index (χ1v) is 6.81. The molecule has 0 aliphatic rings. The van der Waals surface area contributed by atoms with E-state index in [1.807, 2.05) is 24.3 Å². The van der Waals surface area contributed by atoms with Crippen molar-refractivity contribution in [1.29, 1.82) is 0 Å². The van der Waals surface area contributed by atoms with Gasteiger partial charge < -0.3 is 11.1 Å². The molecule has 3 nitrogen and oxygen atoms in total. The second kappa shape index (κ2) is 6.45. The van der Waals surface area contributed by atoms with Gasteiger partial charge in [-0.25, -0.2) is 4.39 Å². The van der Waals surface area contributed by atoms with Gasteiger partial charge in [0.2, 0.25) is 0 Å². The van der Waals surface area contributed by atoms with E-state index in [0.29, 0.717) is 22.7 Å². The van der Waals surface area contributed by atoms with Crippen LogP contribution in [-0.4, -0.2) is 10.9 Å². The van der Waals surface area contributed by atoms with Gasteiger partial charge in [0.05, 0.1) is 0 Å². The quantitative estimate of drug-likeness (QED) is 0.854. The number of aryl methyl sites for hydroxylation is 1. The third kappa shape index (κ3) is 3.86. The zero-order chi connectivity index (χ0) is 15.4. The summed E-state index contributed by atoms with van der Waals surface area (Å²) in [5, 5.41) is 2.78. The average Bonchev–Trinajstić information content (AvgIpc) is 2.48. The number of thiocarbonyl (C=S) groups is 1. The van der Waals surface area contributed by atoms with Crippen LogP contribution >= 0.6 is 12.2 Å². The third-order valence-electron chi connectivity index (χ3n) is 3.08. The Balaban J connectivity index is 2.05. The van der Waals surface area contributed by atoms with Crippen molar-refractivity contribution in [1.82, 2.24) is 5.32 Å². The number of hydrogen-bond acceptors (Lipinski definition) is 2. The SMILES string of the molecule is Cc1cc(C(=O)NCc2cccc(C(N)=S)c2)ccc1F. The van der Waals surface area contributed by atoms with Gasteiger partial charge in [-0.15, -0.1) is 0 Å². The van der Waals surface area contributed by atoms with Crippen molar-refractivity contribution in [2.24, 2.45) is 5.73 Å². The summed E-state index contributed by atoms with van der Waals surface area (Å²) in [5.41, 5.74) is 8.10. The number of carbonyl (C=O) groups is 1. The molecule has 0 heterocycles. The summed E-state index contributed by atoms with van der Waals surface area (Å²) in [6.45, 7) is 1.98. The highest BCUT2D eigenvalue weighted by Crippen LogP contribution is 2.10. The highest BCUT2D eigenvalue weighted by Gasteiger charge is 2.08. The zero-order valence-corrected chi connectivity index (χ0v) is 12.3. The first-order chi connectivity index (χ1) is 9.97. The average molecular weight is 302 g/mol. The van der Waals surface area contributed by atoms with Crippen molar-refractivity contribution < 1.29 is 9.18 Å². The summed E-state index contributed by atoms with van der Waals surface area (Å²) >= 11 is 4.92. The van der Waals surface area contributed by atoms with Gasteiger partial charge in [-0.2, -0.15) is 0 Å². The Kier molecular flexibility index (Phi) is 4.65. The maximum absolute atomic E-state index is 13.2. The highest BCUT2D eigenvalue weighted by molar-refractivity contribution is 7.80. The molecule has 0 aliphatic carbocycles. The predicted octanol–water partition coefficient (Wildman–Crippen LogP) is 2.70. The molecule has 5 heteroatoms. The van der Waals surface area contributed by atoms with E-state index in [1.54, 1.807) is 6.92 Å². The Labute approximate surface area is 128 Å². The van der Waals surface area contributed by atoms with Crippen LogP contribution in [0.2, 0.25) is 0 Å². The second-order valence-electron chi connectivity index (χ2n) is 4.71. The normalized spacial score (nSPS) is 10.2. The minimum atomic E-state index is -0.323. The van der Waals surface area contributed by atoms with Crippen LogP contribution < -0.4 is 11.1 Å². The van der Waals surface area contributed by atoms with Crippen LogP contribution in [0.25, 0.3) is 0 Å². The molecular weight excluding hydrogens is 287 g/mol. The van der Waals surface area contributed by atoms with E-state index in [-0.39, 0.29) is 11.7 Å². The molecule has 3 N–H and O–H groups in total. The van der Waals surface area contributed by atoms with Gasteiger partial charge in [-0.1, -0.05) is 30.4 Å². The molecule has 0 spiro atoms. The van der Waals surface area contributed by atoms with Crippen molar-refractivity contribution >= 4 is 23.1 Å². The summed E-state index contributed by atoms with van der Waals surface area (Å²) in [5.74, 6) is -0.575. The smallest absolute Gasteiger partial charge is 0.251 e. The highest BCUT2D eigenvalue weighted by atomic mass is 32.1. The summed E-state index contributed by atoms with van der Waals surface area (Å²) in [7, 11) is 0. The Morgan fingerprint density at radius 2 is 2.00 bits per heavy atom. The van der Waals surface area contributed by atoms with Gasteiger partial charge in [0.1, 0.15) is 10.8 Å². The van der Waals surface area contributed by atoms with Crippen LogP contribution in [0, 0.1) is 12.7 Å². The third-order valence-corrected chi connectivity index (χ3v) is 3.32. The molecular formula is C16H15FN2OS. The first kappa shape index (κ1) is 15.1. The monoisotopic (exact) mass is 302 g/mol. The fourth-order valence-corrected chi connectivity index (χ4v) is 2.03. The lowest BCUT2D eigenvalue weighted by atomic mass is 10.1. The van der Waals surface area contributed by atoms with E-state index < -0.39 is 0 Å². The zero-order valence-electron chi connectivity index (χ0n) is 11.5. The number of nitrogens with two attached hydrogens (primary N) is 1. The Bertz CT molecular complexity index is 700. The van der Waals surface area contributed by atoms with Gasteiger partial charge in [0.25, 0.3) is 5.91 Å². The van der Waals surface area contributed by atoms with E-state index >= 15 is 0 Å². The molecule has 0 aromatic heterocycles. The molecule has 0 fully saturated rings. The van der Waals surface area contributed by atoms with Crippen LogP contribution in [0.4, 0.5) is 4.39 Å². The van der Waals surface area contributed by atoms with Crippen LogP contribution in [-0.2, 0) is 6.54 Å². The molecule has 108 valence electrons. The summed E-state index contributed by atoms with van der Waals surface area (Å²) in [4.78, 5) is 12.3. The molecule has 0 aliphatic heterocycles. The first-order valence-electron chi connectivity index (χ1n) is 6.40. The number of benzene rings is 2. The van der Waals surface area contributed by atoms with Crippen LogP contribution in [0.3, 0.4) is 0 Å². The molecule has 1 amide bonds. The molecule has 0 atom stereocenters. The maximum Gasteiger partial charge on any atom is 0.251 e. The second-order valence-corrected chi connectivity index (χ2v) is 5.15. The summed E-state index contributed by atoms with van der Waals surface area (Å²) in [6.07, 6.45) is 0. The molecule has 0 saturated carbocycles. The lowest BCUT2D eigenvalue weighted by Gasteiger charge is -2.08. The molecule has 0 unspecified atom stereocenters. The van der Waals surface area contributed by atoms with E-state index in [9.17, 15) is 9.18 Å².